The van der Waals surface area contributed by atoms with Crippen molar-refractivity contribution in [2.24, 2.45) is 5.92 Å². The van der Waals surface area contributed by atoms with E-state index in [1.54, 1.807) is 36.4 Å². The second kappa shape index (κ2) is 34.3. The largest absolute Gasteiger partial charge is 0.491 e. The summed E-state index contributed by atoms with van der Waals surface area (Å²) in [5, 5.41) is 38.0. The molecule has 4 N–H and O–H groups in total. The summed E-state index contributed by atoms with van der Waals surface area (Å²) in [6.45, 7) is -1.95. The number of hydrogen-bond acceptors (Lipinski definition) is 7. The Bertz CT molecular complexity index is 2600. The van der Waals surface area contributed by atoms with Crippen LogP contribution >= 0.6 is 0 Å². The molecule has 41 heteroatoms. The molecule has 99 heavy (non-hydrogen) atoms. The third kappa shape index (κ3) is 20.0. The summed E-state index contributed by atoms with van der Waals surface area (Å²) >= 11 is 0. The number of rotatable bonds is 48. The van der Waals surface area contributed by atoms with Gasteiger partial charge in [0, 0.05) is 12.8 Å². The van der Waals surface area contributed by atoms with Crippen molar-refractivity contribution in [3.63, 3.8) is 0 Å². The predicted octanol–water partition coefficient (Wildman–Crippen LogP) is 20.4. The molecule has 0 aliphatic rings. The van der Waals surface area contributed by atoms with Gasteiger partial charge in [0.1, 0.15) is 31.2 Å². The Kier molecular flexibility index (Phi) is 31.3. The van der Waals surface area contributed by atoms with Crippen molar-refractivity contribution in [1.82, 2.24) is 0 Å². The Morgan fingerprint density at radius 2 is 0.535 bits per heavy atom. The molecule has 0 aromatic heterocycles. The molecule has 0 aliphatic carbocycles. The molecular weight excluding hydrogens is 1450 g/mol. The van der Waals surface area contributed by atoms with E-state index in [0.717, 1.165) is 0 Å². The van der Waals surface area contributed by atoms with Crippen molar-refractivity contribution >= 4 is 0 Å². The maximum Gasteiger partial charge on any atom is 0.460 e. The van der Waals surface area contributed by atoms with Crippen molar-refractivity contribution in [2.75, 3.05) is 33.0 Å². The SMILES string of the molecule is OCC(O)COc1ccc(-c2ccc(OCC(O)CO)c(OCC(CCCCCCCCCCCC(F)(F)C(F)(F)C(F)(F)C(F)(F)C(F)(F)C(F)(F)C(F)(F)C(F)(F)F)CCCCCCCCCCCC(F)(F)C(F)(F)C(F)(F)C(F)(F)C(F)(F)C(F)(F)C(F)(F)C(F)(F)F)c2)cc1. The first-order valence-corrected chi connectivity index (χ1v) is 29.9. The van der Waals surface area contributed by atoms with Gasteiger partial charge in [-0.1, -0.05) is 121 Å². The summed E-state index contributed by atoms with van der Waals surface area (Å²) in [7, 11) is 0. The molecule has 2 rings (SSSR count). The van der Waals surface area contributed by atoms with Gasteiger partial charge in [-0.05, 0) is 67.0 Å². The average molecular weight is 1520 g/mol. The van der Waals surface area contributed by atoms with Crippen molar-refractivity contribution in [3.8, 4) is 28.4 Å². The molecule has 0 fully saturated rings. The molecule has 0 amide bonds. The molecule has 2 atom stereocenters. The van der Waals surface area contributed by atoms with Crippen LogP contribution in [-0.4, -0.2) is 161 Å². The smallest absolute Gasteiger partial charge is 0.460 e. The third-order valence-corrected chi connectivity index (χ3v) is 15.7. The van der Waals surface area contributed by atoms with Crippen LogP contribution in [0, 0.1) is 5.92 Å². The predicted molar refractivity (Wildman–Crippen MR) is 281 cm³/mol. The Hall–Kier alpha value is -4.70. The van der Waals surface area contributed by atoms with Gasteiger partial charge in [0.15, 0.2) is 11.5 Å². The summed E-state index contributed by atoms with van der Waals surface area (Å²) in [5.74, 6) is -114. The lowest BCUT2D eigenvalue weighted by atomic mass is 9.87. The van der Waals surface area contributed by atoms with Crippen LogP contribution in [0.3, 0.4) is 0 Å². The normalized spacial score (nSPS) is 15.3. The molecule has 0 bridgehead atoms. The molecule has 7 nitrogen and oxygen atoms in total. The van der Waals surface area contributed by atoms with Crippen LogP contribution in [0.4, 0.5) is 149 Å². The lowest BCUT2D eigenvalue weighted by molar-refractivity contribution is -0.461. The van der Waals surface area contributed by atoms with Gasteiger partial charge < -0.3 is 34.6 Å². The van der Waals surface area contributed by atoms with Crippen molar-refractivity contribution in [1.29, 1.82) is 0 Å². The van der Waals surface area contributed by atoms with E-state index >= 15 is 0 Å². The quantitative estimate of drug-likeness (QED) is 0.0386. The van der Waals surface area contributed by atoms with Gasteiger partial charge in [-0.25, -0.2) is 0 Å². The maximum atomic E-state index is 14.4. The number of benzene rings is 2. The van der Waals surface area contributed by atoms with Gasteiger partial charge in [0.25, 0.3) is 0 Å². The number of ether oxygens (including phenoxy) is 3. The monoisotopic (exact) mass is 1520 g/mol. The van der Waals surface area contributed by atoms with Crippen LogP contribution in [0.25, 0.3) is 11.1 Å². The van der Waals surface area contributed by atoms with Gasteiger partial charge in [0.2, 0.25) is 0 Å². The topological polar surface area (TPSA) is 109 Å². The van der Waals surface area contributed by atoms with Crippen LogP contribution < -0.4 is 14.2 Å². The first-order chi connectivity index (χ1) is 44.8. The van der Waals surface area contributed by atoms with Crippen LogP contribution in [-0.2, 0) is 0 Å². The second-order valence-electron chi connectivity index (χ2n) is 23.4. The minimum Gasteiger partial charge on any atom is -0.491 e. The summed E-state index contributed by atoms with van der Waals surface area (Å²) < 4.78 is 481. The number of alkyl halides is 34. The average Bonchev–Trinajstić information content (AvgIpc) is 0.703. The van der Waals surface area contributed by atoms with Gasteiger partial charge in [0.05, 0.1) is 19.8 Å². The third-order valence-electron chi connectivity index (χ3n) is 15.7. The molecule has 0 radical (unpaired) electrons. The number of aliphatic hydroxyl groups is 4. The van der Waals surface area contributed by atoms with E-state index in [-0.39, 0.29) is 69.2 Å². The minimum absolute atomic E-state index is 0.0228. The standard InChI is InChI=1S/C58H68F34O7/c59-43(60,45(63,64)47(67,68)49(71,72)51(75,76)53(79,80)55(83,84)57(87,88)89)27-17-13-9-5-1-3-7-11-15-19-35(32-98-42-29-37(23-26-41(42)99-34-39(96)31-94)36-21-24-40(25-22-36)97-33-38(95)30-93)20-16-12-8-4-2-6-10-14-18-28-44(61,62)46(65,66)48(69,70)50(73,74)52(77,78)54(81,82)56(85,86)58(90,91)92/h21-26,29,35,38-39,93-96H,1-20,27-28,30-34H2. The fourth-order valence-corrected chi connectivity index (χ4v) is 9.41. The Balaban J connectivity index is 2.11. The lowest BCUT2D eigenvalue weighted by Gasteiger charge is -2.42. The van der Waals surface area contributed by atoms with Crippen LogP contribution in [0.1, 0.15) is 141 Å². The summed E-state index contributed by atoms with van der Waals surface area (Å²) in [5.41, 5.74) is 1.14. The molecule has 580 valence electrons. The zero-order valence-electron chi connectivity index (χ0n) is 51.2. The minimum atomic E-state index is -8.73. The fraction of sp³-hybridized carbons (Fsp3) is 0.793. The molecule has 0 aliphatic heterocycles. The molecule has 2 aromatic carbocycles. The molecule has 0 saturated carbocycles. The highest BCUT2D eigenvalue weighted by molar-refractivity contribution is 5.68. The first kappa shape index (κ1) is 90.4. The first-order valence-electron chi connectivity index (χ1n) is 29.9. The van der Waals surface area contributed by atoms with Crippen LogP contribution in [0.15, 0.2) is 42.5 Å². The summed E-state index contributed by atoms with van der Waals surface area (Å²) in [6, 6.07) is 11.0. The molecule has 0 spiro atoms. The lowest BCUT2D eigenvalue weighted by Crippen LogP contribution is -2.74. The molecule has 2 aromatic rings. The Morgan fingerprint density at radius 3 is 0.848 bits per heavy atom. The molecule has 2 unspecified atom stereocenters. The van der Waals surface area contributed by atoms with Crippen molar-refractivity contribution in [3.05, 3.63) is 42.5 Å². The summed E-state index contributed by atoms with van der Waals surface area (Å²) in [4.78, 5) is 0. The van der Waals surface area contributed by atoms with E-state index in [4.69, 9.17) is 19.3 Å². The second-order valence-corrected chi connectivity index (χ2v) is 23.4. The molecular formula is C58H68F34O7. The summed E-state index contributed by atoms with van der Waals surface area (Å²) in [6.07, 6.45) is -22.1. The highest BCUT2D eigenvalue weighted by Gasteiger charge is 2.97. The van der Waals surface area contributed by atoms with Gasteiger partial charge >= 0.3 is 95.3 Å². The number of unbranched alkanes of at least 4 members (excludes halogenated alkanes) is 16. The number of halogens is 34. The zero-order chi connectivity index (χ0) is 76.8. The Labute approximate surface area is 541 Å². The van der Waals surface area contributed by atoms with Crippen molar-refractivity contribution in [2.45, 2.75) is 249 Å². The number of aliphatic hydroxyl groups excluding tert-OH is 4. The van der Waals surface area contributed by atoms with E-state index in [2.05, 4.69) is 0 Å². The highest BCUT2D eigenvalue weighted by Crippen LogP contribution is 2.66. The maximum absolute atomic E-state index is 14.4. The van der Waals surface area contributed by atoms with Gasteiger partial charge in [-0.3, -0.25) is 0 Å². The van der Waals surface area contributed by atoms with E-state index < -0.39 is 166 Å². The van der Waals surface area contributed by atoms with Crippen molar-refractivity contribution < 1.29 is 184 Å². The highest BCUT2D eigenvalue weighted by atomic mass is 19.4. The molecule has 0 heterocycles. The fourth-order valence-electron chi connectivity index (χ4n) is 9.41. The van der Waals surface area contributed by atoms with Gasteiger partial charge in [-0.2, -0.15) is 149 Å². The van der Waals surface area contributed by atoms with Crippen LogP contribution in [0.2, 0.25) is 0 Å². The number of hydrogen-bond donors (Lipinski definition) is 4. The van der Waals surface area contributed by atoms with E-state index in [1.165, 1.54) is 6.07 Å². The van der Waals surface area contributed by atoms with Crippen LogP contribution in [0.5, 0.6) is 17.2 Å². The van der Waals surface area contributed by atoms with E-state index in [1.807, 2.05) is 0 Å². The van der Waals surface area contributed by atoms with E-state index in [9.17, 15) is 165 Å². The van der Waals surface area contributed by atoms with E-state index in [0.29, 0.717) is 81.1 Å². The van der Waals surface area contributed by atoms with Gasteiger partial charge in [-0.15, -0.1) is 0 Å². The molecule has 0 saturated heterocycles. The Morgan fingerprint density at radius 1 is 0.273 bits per heavy atom. The zero-order valence-corrected chi connectivity index (χ0v) is 51.2.